The number of hydrogen-bond acceptors (Lipinski definition) is 6. The monoisotopic (exact) mass is 359 g/mol. The molecule has 0 spiro atoms. The molecule has 0 bridgehead atoms. The maximum atomic E-state index is 12.5. The van der Waals surface area contributed by atoms with Gasteiger partial charge in [0.15, 0.2) is 0 Å². The lowest BCUT2D eigenvalue weighted by Crippen LogP contribution is -2.28. The van der Waals surface area contributed by atoms with Crippen LogP contribution in [0.1, 0.15) is 21.0 Å². The first-order chi connectivity index (χ1) is 12.6. The number of pyridine rings is 1. The van der Waals surface area contributed by atoms with Crippen molar-refractivity contribution in [3.8, 4) is 11.5 Å². The quantitative estimate of drug-likeness (QED) is 0.697. The van der Waals surface area contributed by atoms with Crippen molar-refractivity contribution in [2.24, 2.45) is 0 Å². The minimum Gasteiger partial charge on any atom is -0.497 e. The highest BCUT2D eigenvalue weighted by molar-refractivity contribution is 6.04. The summed E-state index contributed by atoms with van der Waals surface area (Å²) in [4.78, 5) is 28.6. The van der Waals surface area contributed by atoms with Crippen molar-refractivity contribution in [1.82, 2.24) is 10.3 Å². The number of carbonyl (C=O) groups excluding carboxylic acids is 2. The molecule has 0 fully saturated rings. The molecule has 1 heterocycles. The van der Waals surface area contributed by atoms with Gasteiger partial charge in [0.1, 0.15) is 22.9 Å². The van der Waals surface area contributed by atoms with E-state index in [1.165, 1.54) is 19.2 Å². The van der Waals surface area contributed by atoms with E-state index in [1.807, 2.05) is 0 Å². The van der Waals surface area contributed by atoms with Gasteiger partial charge in [-0.15, -0.1) is 0 Å². The van der Waals surface area contributed by atoms with Gasteiger partial charge in [-0.2, -0.15) is 0 Å². The molecule has 0 saturated carbocycles. The molecule has 138 valence electrons. The molecule has 1 aromatic heterocycles. The predicted molar refractivity (Wildman–Crippen MR) is 95.9 cm³/mol. The Kier molecular flexibility index (Phi) is 6.92. The van der Waals surface area contributed by atoms with E-state index in [0.717, 1.165) is 0 Å². The third kappa shape index (κ3) is 4.93. The molecule has 26 heavy (non-hydrogen) atoms. The topological polar surface area (TPSA) is 98.8 Å². The number of rotatable bonds is 8. The molecule has 2 rings (SSSR count). The van der Waals surface area contributed by atoms with Crippen molar-refractivity contribution < 1.29 is 23.8 Å². The van der Waals surface area contributed by atoms with Gasteiger partial charge in [0.05, 0.1) is 26.5 Å². The SMILES string of the molecule is COCCNC(=O)c1cccc(C(=O)Nc2ccc(OC)cc2OC)n1. The maximum Gasteiger partial charge on any atom is 0.274 e. The van der Waals surface area contributed by atoms with Gasteiger partial charge in [-0.1, -0.05) is 6.07 Å². The molecule has 0 unspecified atom stereocenters. The molecule has 0 atom stereocenters. The zero-order chi connectivity index (χ0) is 18.9. The van der Waals surface area contributed by atoms with Gasteiger partial charge in [-0.25, -0.2) is 4.98 Å². The predicted octanol–water partition coefficient (Wildman–Crippen LogP) is 1.73. The number of nitrogens with one attached hydrogen (secondary N) is 2. The summed E-state index contributed by atoms with van der Waals surface area (Å²) in [5, 5.41) is 5.37. The van der Waals surface area contributed by atoms with Crippen LogP contribution in [0.15, 0.2) is 36.4 Å². The maximum absolute atomic E-state index is 12.5. The standard InChI is InChI=1S/C18H21N3O5/c1-24-10-9-19-17(22)14-5-4-6-15(20-14)18(23)21-13-8-7-12(25-2)11-16(13)26-3/h4-8,11H,9-10H2,1-3H3,(H,19,22)(H,21,23). The third-order valence-corrected chi connectivity index (χ3v) is 3.46. The first-order valence-corrected chi connectivity index (χ1v) is 7.86. The lowest BCUT2D eigenvalue weighted by molar-refractivity contribution is 0.0932. The number of amides is 2. The van der Waals surface area contributed by atoms with Gasteiger partial charge in [-0.05, 0) is 24.3 Å². The van der Waals surface area contributed by atoms with Crippen LogP contribution < -0.4 is 20.1 Å². The van der Waals surface area contributed by atoms with E-state index in [0.29, 0.717) is 30.3 Å². The van der Waals surface area contributed by atoms with Gasteiger partial charge < -0.3 is 24.8 Å². The van der Waals surface area contributed by atoms with E-state index in [9.17, 15) is 9.59 Å². The minimum atomic E-state index is -0.458. The summed E-state index contributed by atoms with van der Waals surface area (Å²) < 4.78 is 15.3. The molecule has 0 aliphatic carbocycles. The Bertz CT molecular complexity index is 779. The van der Waals surface area contributed by atoms with Gasteiger partial charge in [0.2, 0.25) is 0 Å². The summed E-state index contributed by atoms with van der Waals surface area (Å²) in [7, 11) is 4.58. The second kappa shape index (κ2) is 9.38. The fraction of sp³-hybridized carbons (Fsp3) is 0.278. The molecule has 0 aliphatic rings. The average molecular weight is 359 g/mol. The normalized spacial score (nSPS) is 10.1. The lowest BCUT2D eigenvalue weighted by atomic mass is 10.2. The van der Waals surface area contributed by atoms with Crippen LogP contribution in [-0.2, 0) is 4.74 Å². The van der Waals surface area contributed by atoms with Crippen LogP contribution in [0.5, 0.6) is 11.5 Å². The number of ether oxygens (including phenoxy) is 3. The summed E-state index contributed by atoms with van der Waals surface area (Å²) in [5.74, 6) is 0.220. The number of aromatic nitrogens is 1. The van der Waals surface area contributed by atoms with Gasteiger partial charge in [0.25, 0.3) is 11.8 Å². The van der Waals surface area contributed by atoms with E-state index in [-0.39, 0.29) is 17.3 Å². The highest BCUT2D eigenvalue weighted by Crippen LogP contribution is 2.29. The summed E-state index contributed by atoms with van der Waals surface area (Å²) in [6.07, 6.45) is 0. The number of methoxy groups -OCH3 is 3. The molecular weight excluding hydrogens is 338 g/mol. The first kappa shape index (κ1) is 19.2. The van der Waals surface area contributed by atoms with E-state index in [2.05, 4.69) is 15.6 Å². The molecular formula is C18H21N3O5. The van der Waals surface area contributed by atoms with Crippen molar-refractivity contribution >= 4 is 17.5 Å². The van der Waals surface area contributed by atoms with Crippen LogP contribution in [0.2, 0.25) is 0 Å². The van der Waals surface area contributed by atoms with Crippen LogP contribution in [-0.4, -0.2) is 51.3 Å². The Morgan fingerprint density at radius 3 is 2.38 bits per heavy atom. The third-order valence-electron chi connectivity index (χ3n) is 3.46. The second-order valence-electron chi connectivity index (χ2n) is 5.18. The highest BCUT2D eigenvalue weighted by atomic mass is 16.5. The number of benzene rings is 1. The molecule has 1 aromatic carbocycles. The average Bonchev–Trinajstić information content (AvgIpc) is 2.68. The molecule has 8 nitrogen and oxygen atoms in total. The summed E-state index contributed by atoms with van der Waals surface area (Å²) in [6.45, 7) is 0.750. The number of nitrogens with zero attached hydrogens (tertiary/aromatic N) is 1. The van der Waals surface area contributed by atoms with E-state index < -0.39 is 5.91 Å². The molecule has 2 N–H and O–H groups in total. The zero-order valence-corrected chi connectivity index (χ0v) is 14.9. The Balaban J connectivity index is 2.13. The number of anilines is 1. The first-order valence-electron chi connectivity index (χ1n) is 7.86. The fourth-order valence-corrected chi connectivity index (χ4v) is 2.13. The van der Waals surface area contributed by atoms with Crippen LogP contribution in [0.25, 0.3) is 0 Å². The Hall–Kier alpha value is -3.13. The highest BCUT2D eigenvalue weighted by Gasteiger charge is 2.14. The van der Waals surface area contributed by atoms with Gasteiger partial charge in [0, 0.05) is 19.7 Å². The van der Waals surface area contributed by atoms with E-state index in [4.69, 9.17) is 14.2 Å². The van der Waals surface area contributed by atoms with Crippen LogP contribution in [0, 0.1) is 0 Å². The zero-order valence-electron chi connectivity index (χ0n) is 14.9. The van der Waals surface area contributed by atoms with Crippen LogP contribution in [0.3, 0.4) is 0 Å². The Morgan fingerprint density at radius 1 is 1.00 bits per heavy atom. The van der Waals surface area contributed by atoms with E-state index in [1.54, 1.807) is 38.5 Å². The Labute approximate surface area is 151 Å². The molecule has 2 amide bonds. The van der Waals surface area contributed by atoms with Crippen molar-refractivity contribution in [3.63, 3.8) is 0 Å². The van der Waals surface area contributed by atoms with Gasteiger partial charge in [-0.3, -0.25) is 9.59 Å². The Morgan fingerprint density at radius 2 is 1.73 bits per heavy atom. The lowest BCUT2D eigenvalue weighted by Gasteiger charge is -2.11. The minimum absolute atomic E-state index is 0.113. The van der Waals surface area contributed by atoms with Crippen molar-refractivity contribution in [1.29, 1.82) is 0 Å². The largest absolute Gasteiger partial charge is 0.497 e. The summed E-state index contributed by atoms with van der Waals surface area (Å²) in [5.41, 5.74) is 0.729. The number of hydrogen-bond donors (Lipinski definition) is 2. The van der Waals surface area contributed by atoms with Crippen molar-refractivity contribution in [3.05, 3.63) is 47.8 Å². The molecule has 0 saturated heterocycles. The summed E-state index contributed by atoms with van der Waals surface area (Å²) >= 11 is 0. The fourth-order valence-electron chi connectivity index (χ4n) is 2.13. The molecule has 8 heteroatoms. The van der Waals surface area contributed by atoms with Crippen LogP contribution >= 0.6 is 0 Å². The van der Waals surface area contributed by atoms with Crippen molar-refractivity contribution in [2.45, 2.75) is 0 Å². The smallest absolute Gasteiger partial charge is 0.274 e. The van der Waals surface area contributed by atoms with Crippen molar-refractivity contribution in [2.75, 3.05) is 39.8 Å². The number of carbonyl (C=O) groups is 2. The summed E-state index contributed by atoms with van der Waals surface area (Å²) in [6, 6.07) is 9.67. The molecule has 2 aromatic rings. The second-order valence-corrected chi connectivity index (χ2v) is 5.18. The van der Waals surface area contributed by atoms with Gasteiger partial charge >= 0.3 is 0 Å². The molecule has 0 aliphatic heterocycles. The van der Waals surface area contributed by atoms with Crippen LogP contribution in [0.4, 0.5) is 5.69 Å². The van der Waals surface area contributed by atoms with E-state index >= 15 is 0 Å². The molecule has 0 radical (unpaired) electrons.